The van der Waals surface area contributed by atoms with E-state index in [-0.39, 0.29) is 5.41 Å². The van der Waals surface area contributed by atoms with Crippen LogP contribution in [0.4, 0.5) is 0 Å². The average Bonchev–Trinajstić information content (AvgIpc) is 2.82. The molecule has 4 aliphatic carbocycles. The molecule has 7 unspecified atom stereocenters. The molecule has 7 atom stereocenters. The summed E-state index contributed by atoms with van der Waals surface area (Å²) in [5, 5.41) is 0. The molecule has 118 valence electrons. The lowest BCUT2D eigenvalue weighted by Crippen LogP contribution is -2.48. The lowest BCUT2D eigenvalue weighted by atomic mass is 9.50. The second-order valence-electron chi connectivity index (χ2n) is 8.94. The van der Waals surface area contributed by atoms with Gasteiger partial charge in [-0.3, -0.25) is 4.79 Å². The second-order valence-corrected chi connectivity index (χ2v) is 8.94. The molecule has 4 fully saturated rings. The summed E-state index contributed by atoms with van der Waals surface area (Å²) in [6, 6.07) is 0. The first-order valence-electron chi connectivity index (χ1n) is 9.66. The Balaban J connectivity index is 1.54. The van der Waals surface area contributed by atoms with Crippen molar-refractivity contribution in [1.29, 1.82) is 0 Å². The Morgan fingerprint density at radius 2 is 1.81 bits per heavy atom. The van der Waals surface area contributed by atoms with Crippen LogP contribution in [0.3, 0.4) is 0 Å². The molecular formula is C20H32O. The second kappa shape index (κ2) is 5.10. The van der Waals surface area contributed by atoms with Crippen LogP contribution >= 0.6 is 0 Å². The van der Waals surface area contributed by atoms with Gasteiger partial charge in [0.15, 0.2) is 0 Å². The highest BCUT2D eigenvalue weighted by Gasteiger charge is 2.56. The smallest absolute Gasteiger partial charge is 0.139 e. The minimum atomic E-state index is 0.0780. The zero-order valence-electron chi connectivity index (χ0n) is 13.9. The third kappa shape index (κ3) is 2.05. The van der Waals surface area contributed by atoms with E-state index in [4.69, 9.17) is 0 Å². The predicted molar refractivity (Wildman–Crippen MR) is 85.9 cm³/mol. The summed E-state index contributed by atoms with van der Waals surface area (Å²) < 4.78 is 0. The number of carbonyl (C=O) groups is 1. The topological polar surface area (TPSA) is 17.1 Å². The van der Waals surface area contributed by atoms with Crippen molar-refractivity contribution in [3.63, 3.8) is 0 Å². The minimum Gasteiger partial charge on any atom is -0.299 e. The first kappa shape index (κ1) is 14.3. The van der Waals surface area contributed by atoms with Crippen LogP contribution in [-0.2, 0) is 4.79 Å². The summed E-state index contributed by atoms with van der Waals surface area (Å²) in [4.78, 5) is 12.4. The summed E-state index contributed by atoms with van der Waals surface area (Å²) >= 11 is 0. The van der Waals surface area contributed by atoms with Gasteiger partial charge in [0.05, 0.1) is 0 Å². The molecule has 0 N–H and O–H groups in total. The first-order valence-corrected chi connectivity index (χ1v) is 9.66. The van der Waals surface area contributed by atoms with E-state index in [2.05, 4.69) is 13.8 Å². The van der Waals surface area contributed by atoms with Crippen LogP contribution in [0, 0.1) is 40.9 Å². The van der Waals surface area contributed by atoms with Gasteiger partial charge >= 0.3 is 0 Å². The summed E-state index contributed by atoms with van der Waals surface area (Å²) in [5.41, 5.74) is 0.0780. The maximum Gasteiger partial charge on any atom is 0.139 e. The molecule has 0 aromatic heterocycles. The quantitative estimate of drug-likeness (QED) is 0.645. The van der Waals surface area contributed by atoms with Crippen molar-refractivity contribution in [3.8, 4) is 0 Å². The molecule has 0 radical (unpaired) electrons. The molecule has 0 aliphatic heterocycles. The van der Waals surface area contributed by atoms with Crippen molar-refractivity contribution in [3.05, 3.63) is 0 Å². The molecule has 0 aromatic carbocycles. The SMILES string of the molecule is CCC1CCC2C(CCC3C2CCC2(C)C(=O)CCC32)C1. The molecule has 21 heavy (non-hydrogen) atoms. The minimum absolute atomic E-state index is 0.0780. The summed E-state index contributed by atoms with van der Waals surface area (Å²) in [6.45, 7) is 4.69. The Bertz CT molecular complexity index is 428. The Kier molecular flexibility index (Phi) is 3.47. The molecule has 0 saturated heterocycles. The van der Waals surface area contributed by atoms with Gasteiger partial charge in [0.2, 0.25) is 0 Å². The van der Waals surface area contributed by atoms with Crippen molar-refractivity contribution in [2.45, 2.75) is 78.1 Å². The molecular weight excluding hydrogens is 256 g/mol. The van der Waals surface area contributed by atoms with Crippen LogP contribution in [0.15, 0.2) is 0 Å². The fourth-order valence-electron chi connectivity index (χ4n) is 7.09. The molecule has 4 saturated carbocycles. The number of ketones is 1. The molecule has 0 bridgehead atoms. The van der Waals surface area contributed by atoms with Crippen molar-refractivity contribution in [1.82, 2.24) is 0 Å². The van der Waals surface area contributed by atoms with E-state index in [0.29, 0.717) is 5.78 Å². The van der Waals surface area contributed by atoms with Gasteiger partial charge < -0.3 is 0 Å². The van der Waals surface area contributed by atoms with E-state index in [1.54, 1.807) is 0 Å². The number of fused-ring (bicyclic) bond motifs is 5. The number of Topliss-reactive ketones (excluding diaryl/α,β-unsaturated/α-hetero) is 1. The monoisotopic (exact) mass is 288 g/mol. The Labute approximate surface area is 130 Å². The molecule has 0 aromatic rings. The lowest BCUT2D eigenvalue weighted by molar-refractivity contribution is -0.133. The number of carbonyl (C=O) groups excluding carboxylic acids is 1. The van der Waals surface area contributed by atoms with Gasteiger partial charge in [0.25, 0.3) is 0 Å². The standard InChI is InChI=1S/C20H32O/c1-3-13-4-6-15-14(12-13)5-7-17-16(15)10-11-20(2)18(17)8-9-19(20)21/h13-18H,3-12H2,1-2H3. The number of rotatable bonds is 1. The van der Waals surface area contributed by atoms with E-state index in [1.165, 1.54) is 57.8 Å². The van der Waals surface area contributed by atoms with E-state index in [1.807, 2.05) is 0 Å². The largest absolute Gasteiger partial charge is 0.299 e. The molecule has 4 rings (SSSR count). The fourth-order valence-corrected chi connectivity index (χ4v) is 7.09. The van der Waals surface area contributed by atoms with E-state index < -0.39 is 0 Å². The zero-order chi connectivity index (χ0) is 14.6. The summed E-state index contributed by atoms with van der Waals surface area (Å²) in [5.74, 6) is 6.29. The Morgan fingerprint density at radius 1 is 1.00 bits per heavy atom. The molecule has 0 heterocycles. The van der Waals surface area contributed by atoms with Crippen LogP contribution in [0.5, 0.6) is 0 Å². The maximum atomic E-state index is 12.4. The van der Waals surface area contributed by atoms with Gasteiger partial charge in [-0.2, -0.15) is 0 Å². The number of hydrogen-bond donors (Lipinski definition) is 0. The molecule has 1 heteroatoms. The van der Waals surface area contributed by atoms with Gasteiger partial charge in [0, 0.05) is 11.8 Å². The van der Waals surface area contributed by atoms with Crippen LogP contribution < -0.4 is 0 Å². The van der Waals surface area contributed by atoms with Crippen molar-refractivity contribution in [2.24, 2.45) is 40.9 Å². The average molecular weight is 288 g/mol. The fraction of sp³-hybridized carbons (Fsp3) is 0.950. The Hall–Kier alpha value is -0.330. The van der Waals surface area contributed by atoms with Gasteiger partial charge in [-0.05, 0) is 80.5 Å². The number of hydrogen-bond acceptors (Lipinski definition) is 1. The van der Waals surface area contributed by atoms with E-state index in [9.17, 15) is 4.79 Å². The highest BCUT2D eigenvalue weighted by Crippen LogP contribution is 2.61. The first-order chi connectivity index (χ1) is 10.1. The highest BCUT2D eigenvalue weighted by molar-refractivity contribution is 5.87. The van der Waals surface area contributed by atoms with Gasteiger partial charge in [-0.25, -0.2) is 0 Å². The third-order valence-electron chi connectivity index (χ3n) is 8.35. The third-order valence-corrected chi connectivity index (χ3v) is 8.35. The van der Waals surface area contributed by atoms with Crippen molar-refractivity contribution < 1.29 is 4.79 Å². The van der Waals surface area contributed by atoms with Crippen LogP contribution in [-0.4, -0.2) is 5.78 Å². The summed E-state index contributed by atoms with van der Waals surface area (Å²) in [6.07, 6.45) is 13.5. The van der Waals surface area contributed by atoms with Gasteiger partial charge in [-0.15, -0.1) is 0 Å². The summed E-state index contributed by atoms with van der Waals surface area (Å²) in [7, 11) is 0. The van der Waals surface area contributed by atoms with Gasteiger partial charge in [0.1, 0.15) is 5.78 Å². The van der Waals surface area contributed by atoms with Crippen LogP contribution in [0.1, 0.15) is 78.1 Å². The molecule has 1 nitrogen and oxygen atoms in total. The van der Waals surface area contributed by atoms with Gasteiger partial charge in [-0.1, -0.05) is 26.7 Å². The normalized spacial score (nSPS) is 53.0. The lowest BCUT2D eigenvalue weighted by Gasteiger charge is -2.55. The highest BCUT2D eigenvalue weighted by atomic mass is 16.1. The van der Waals surface area contributed by atoms with Crippen molar-refractivity contribution >= 4 is 5.78 Å². The molecule has 0 spiro atoms. The van der Waals surface area contributed by atoms with E-state index >= 15 is 0 Å². The van der Waals surface area contributed by atoms with Crippen LogP contribution in [0.2, 0.25) is 0 Å². The van der Waals surface area contributed by atoms with Crippen LogP contribution in [0.25, 0.3) is 0 Å². The molecule has 4 aliphatic rings. The van der Waals surface area contributed by atoms with E-state index in [0.717, 1.165) is 41.9 Å². The molecule has 0 amide bonds. The zero-order valence-corrected chi connectivity index (χ0v) is 13.9. The Morgan fingerprint density at radius 3 is 2.62 bits per heavy atom. The maximum absolute atomic E-state index is 12.4. The van der Waals surface area contributed by atoms with Crippen molar-refractivity contribution in [2.75, 3.05) is 0 Å². The predicted octanol–water partition coefficient (Wildman–Crippen LogP) is 5.23.